The molecule has 0 saturated heterocycles. The van der Waals surface area contributed by atoms with E-state index in [0.29, 0.717) is 17.3 Å². The van der Waals surface area contributed by atoms with E-state index in [9.17, 15) is 0 Å². The van der Waals surface area contributed by atoms with Gasteiger partial charge in [-0.25, -0.2) is 9.97 Å². The fourth-order valence-electron chi connectivity index (χ4n) is 3.68. The van der Waals surface area contributed by atoms with Crippen molar-refractivity contribution in [1.29, 1.82) is 0 Å². The molecule has 1 saturated carbocycles. The highest BCUT2D eigenvalue weighted by atomic mass is 35.5. The van der Waals surface area contributed by atoms with E-state index in [1.165, 1.54) is 31.2 Å². The van der Waals surface area contributed by atoms with Crippen LogP contribution in [0.1, 0.15) is 57.0 Å². The zero-order chi connectivity index (χ0) is 15.0. The molecule has 4 heteroatoms. The molecule has 0 spiro atoms. The van der Waals surface area contributed by atoms with E-state index in [-0.39, 0.29) is 0 Å². The van der Waals surface area contributed by atoms with Gasteiger partial charge in [-0.2, -0.15) is 0 Å². The largest absolute Gasteiger partial charge is 0.310 e. The molecule has 2 aromatic heterocycles. The molecule has 2 heterocycles. The molecule has 0 aromatic carbocycles. The van der Waals surface area contributed by atoms with Gasteiger partial charge in [0.2, 0.25) is 0 Å². The maximum Gasteiger partial charge on any atom is 0.160 e. The highest BCUT2D eigenvalue weighted by Gasteiger charge is 2.31. The highest BCUT2D eigenvalue weighted by Crippen LogP contribution is 2.42. The van der Waals surface area contributed by atoms with E-state index in [4.69, 9.17) is 16.6 Å². The molecule has 0 aliphatic heterocycles. The molecular formula is C17H24ClN3. The number of alkyl halides is 1. The minimum atomic E-state index is 0.404. The average Bonchev–Trinajstić information content (AvgIpc) is 2.78. The molecule has 0 N–H and O–H groups in total. The molecule has 3 nitrogen and oxygen atoms in total. The molecular weight excluding hydrogens is 282 g/mol. The van der Waals surface area contributed by atoms with E-state index < -0.39 is 0 Å². The molecule has 2 aromatic rings. The maximum absolute atomic E-state index is 6.00. The van der Waals surface area contributed by atoms with Crippen molar-refractivity contribution < 1.29 is 0 Å². The summed E-state index contributed by atoms with van der Waals surface area (Å²) < 4.78 is 2.38. The van der Waals surface area contributed by atoms with Crippen LogP contribution in [-0.2, 0) is 6.42 Å². The van der Waals surface area contributed by atoms with Crippen molar-refractivity contribution in [2.45, 2.75) is 58.9 Å². The van der Waals surface area contributed by atoms with Crippen LogP contribution in [0, 0.1) is 12.3 Å². The summed E-state index contributed by atoms with van der Waals surface area (Å²) in [5.74, 6) is 1.71. The van der Waals surface area contributed by atoms with Crippen LogP contribution in [0.5, 0.6) is 0 Å². The van der Waals surface area contributed by atoms with Crippen LogP contribution in [0.2, 0.25) is 0 Å². The lowest BCUT2D eigenvalue weighted by Gasteiger charge is -2.36. The Kier molecular flexibility index (Phi) is 3.96. The first-order valence-corrected chi connectivity index (χ1v) is 8.44. The summed E-state index contributed by atoms with van der Waals surface area (Å²) in [7, 11) is 0. The minimum Gasteiger partial charge on any atom is -0.310 e. The summed E-state index contributed by atoms with van der Waals surface area (Å²) in [4.78, 5) is 9.47. The van der Waals surface area contributed by atoms with Gasteiger partial charge in [0.05, 0.1) is 0 Å². The van der Waals surface area contributed by atoms with Crippen molar-refractivity contribution in [3.05, 3.63) is 23.7 Å². The third-order valence-electron chi connectivity index (χ3n) is 4.72. The lowest BCUT2D eigenvalue weighted by atomic mass is 9.75. The van der Waals surface area contributed by atoms with E-state index in [0.717, 1.165) is 23.4 Å². The number of rotatable bonds is 3. The summed E-state index contributed by atoms with van der Waals surface area (Å²) >= 11 is 6.00. The predicted octanol–water partition coefficient (Wildman–Crippen LogP) is 4.66. The maximum atomic E-state index is 6.00. The van der Waals surface area contributed by atoms with Gasteiger partial charge < -0.3 is 4.57 Å². The molecule has 0 amide bonds. The molecule has 21 heavy (non-hydrogen) atoms. The Bertz CT molecular complexity index is 645. The second-order valence-corrected chi connectivity index (χ2v) is 7.43. The summed E-state index contributed by atoms with van der Waals surface area (Å²) in [6, 6.07) is 2.54. The van der Waals surface area contributed by atoms with Gasteiger partial charge in [0.15, 0.2) is 5.65 Å². The summed E-state index contributed by atoms with van der Waals surface area (Å²) in [5, 5.41) is 0. The van der Waals surface area contributed by atoms with E-state index in [2.05, 4.69) is 30.3 Å². The standard InChI is InChI=1S/C17H24ClN3/c1-12-7-10-19-16-15(12)20-14(6-9-18)21(16)13-5-4-8-17(2,3)11-13/h7,10,13H,4-6,8-9,11H2,1-3H3. The first-order chi connectivity index (χ1) is 10.0. The number of fused-ring (bicyclic) bond motifs is 1. The van der Waals surface area contributed by atoms with Crippen molar-refractivity contribution in [2.75, 3.05) is 5.88 Å². The second kappa shape index (κ2) is 5.60. The zero-order valence-electron chi connectivity index (χ0n) is 13.2. The zero-order valence-corrected chi connectivity index (χ0v) is 14.0. The fourth-order valence-corrected chi connectivity index (χ4v) is 3.85. The lowest BCUT2D eigenvalue weighted by molar-refractivity contribution is 0.183. The molecule has 1 atom stereocenters. The highest BCUT2D eigenvalue weighted by molar-refractivity contribution is 6.17. The van der Waals surface area contributed by atoms with Crippen molar-refractivity contribution in [2.24, 2.45) is 5.41 Å². The molecule has 3 rings (SSSR count). The van der Waals surface area contributed by atoms with Crippen molar-refractivity contribution in [1.82, 2.24) is 14.5 Å². The number of hydrogen-bond donors (Lipinski definition) is 0. The van der Waals surface area contributed by atoms with Crippen LogP contribution < -0.4 is 0 Å². The minimum absolute atomic E-state index is 0.404. The normalized spacial score (nSPS) is 21.8. The van der Waals surface area contributed by atoms with Gasteiger partial charge in [0.25, 0.3) is 0 Å². The SMILES string of the molecule is Cc1ccnc2c1nc(CCCl)n2C1CCCC(C)(C)C1. The fraction of sp³-hybridized carbons (Fsp3) is 0.647. The summed E-state index contributed by atoms with van der Waals surface area (Å²) in [6.45, 7) is 6.85. The Morgan fingerprint density at radius 2 is 2.24 bits per heavy atom. The quantitative estimate of drug-likeness (QED) is 0.772. The molecule has 114 valence electrons. The van der Waals surface area contributed by atoms with E-state index >= 15 is 0 Å². The number of pyridine rings is 1. The monoisotopic (exact) mass is 305 g/mol. The molecule has 0 bridgehead atoms. The average molecular weight is 306 g/mol. The first kappa shape index (κ1) is 14.8. The Hall–Kier alpha value is -1.09. The number of aromatic nitrogens is 3. The molecule has 1 aliphatic rings. The molecule has 0 radical (unpaired) electrons. The van der Waals surface area contributed by atoms with Crippen LogP contribution in [0.15, 0.2) is 12.3 Å². The molecule has 1 fully saturated rings. The van der Waals surface area contributed by atoms with Crippen molar-refractivity contribution in [3.63, 3.8) is 0 Å². The second-order valence-electron chi connectivity index (χ2n) is 7.05. The Morgan fingerprint density at radius 1 is 1.43 bits per heavy atom. The summed E-state index contributed by atoms with van der Waals surface area (Å²) in [6.07, 6.45) is 7.72. The smallest absolute Gasteiger partial charge is 0.160 e. The van der Waals surface area contributed by atoms with Crippen molar-refractivity contribution in [3.8, 4) is 0 Å². The Labute approximate surface area is 131 Å². The lowest BCUT2D eigenvalue weighted by Crippen LogP contribution is -2.26. The van der Waals surface area contributed by atoms with Gasteiger partial charge in [-0.1, -0.05) is 20.3 Å². The van der Waals surface area contributed by atoms with E-state index in [1.54, 1.807) is 0 Å². The van der Waals surface area contributed by atoms with Crippen LogP contribution in [0.4, 0.5) is 0 Å². The number of halogens is 1. The third kappa shape index (κ3) is 2.80. The molecule has 1 unspecified atom stereocenters. The number of imidazole rings is 1. The number of hydrogen-bond acceptors (Lipinski definition) is 2. The summed E-state index contributed by atoms with van der Waals surface area (Å²) in [5.41, 5.74) is 3.69. The van der Waals surface area contributed by atoms with Gasteiger partial charge in [-0.3, -0.25) is 0 Å². The van der Waals surface area contributed by atoms with Gasteiger partial charge in [-0.15, -0.1) is 11.6 Å². The first-order valence-electron chi connectivity index (χ1n) is 7.90. The Morgan fingerprint density at radius 3 is 2.95 bits per heavy atom. The van der Waals surface area contributed by atoms with Gasteiger partial charge in [-0.05, 0) is 43.2 Å². The van der Waals surface area contributed by atoms with Crippen LogP contribution in [0.3, 0.4) is 0 Å². The van der Waals surface area contributed by atoms with Crippen LogP contribution >= 0.6 is 11.6 Å². The van der Waals surface area contributed by atoms with Gasteiger partial charge >= 0.3 is 0 Å². The number of nitrogens with zero attached hydrogens (tertiary/aromatic N) is 3. The molecule has 1 aliphatic carbocycles. The van der Waals surface area contributed by atoms with Crippen molar-refractivity contribution >= 4 is 22.8 Å². The Balaban J connectivity index is 2.11. The van der Waals surface area contributed by atoms with Gasteiger partial charge in [0.1, 0.15) is 11.3 Å². The van der Waals surface area contributed by atoms with Crippen LogP contribution in [0.25, 0.3) is 11.2 Å². The third-order valence-corrected chi connectivity index (χ3v) is 4.91. The van der Waals surface area contributed by atoms with E-state index in [1.807, 2.05) is 12.3 Å². The van der Waals surface area contributed by atoms with Crippen LogP contribution in [-0.4, -0.2) is 20.4 Å². The predicted molar refractivity (Wildman–Crippen MR) is 88.0 cm³/mol. The number of aryl methyl sites for hydroxylation is 2. The van der Waals surface area contributed by atoms with Gasteiger partial charge in [0, 0.05) is 24.5 Å². The topological polar surface area (TPSA) is 30.7 Å².